The van der Waals surface area contributed by atoms with E-state index >= 15 is 0 Å². The van der Waals surface area contributed by atoms with Crippen molar-refractivity contribution in [2.75, 3.05) is 43.4 Å². The van der Waals surface area contributed by atoms with Crippen LogP contribution in [0.3, 0.4) is 0 Å². The Morgan fingerprint density at radius 3 is 2.51 bits per heavy atom. The van der Waals surface area contributed by atoms with E-state index in [0.717, 1.165) is 24.3 Å². The number of pyridine rings is 1. The summed E-state index contributed by atoms with van der Waals surface area (Å²) in [5.74, 6) is -2.73. The molecule has 0 atom stereocenters. The molecule has 1 aliphatic rings. The number of aromatic nitrogens is 3. The molecule has 2 aromatic heterocycles. The molecular formula is C28H31F4N7O4. The number of carbonyl (C=O) groups is 2. The quantitative estimate of drug-likeness (QED) is 0.250. The molecule has 4 rings (SSSR count). The Morgan fingerprint density at radius 2 is 1.93 bits per heavy atom. The van der Waals surface area contributed by atoms with Gasteiger partial charge in [0.25, 0.3) is 5.56 Å². The van der Waals surface area contributed by atoms with Crippen LogP contribution in [0.2, 0.25) is 0 Å². The molecule has 0 saturated carbocycles. The van der Waals surface area contributed by atoms with E-state index in [1.54, 1.807) is 11.8 Å². The topological polar surface area (TPSA) is 133 Å². The van der Waals surface area contributed by atoms with Gasteiger partial charge in [0, 0.05) is 45.7 Å². The summed E-state index contributed by atoms with van der Waals surface area (Å²) in [6.45, 7) is 8.13. The highest BCUT2D eigenvalue weighted by Gasteiger charge is 2.38. The Balaban J connectivity index is 1.85. The molecule has 1 saturated heterocycles. The van der Waals surface area contributed by atoms with Gasteiger partial charge in [0.2, 0.25) is 17.8 Å². The number of halogens is 4. The minimum absolute atomic E-state index is 0.0501. The number of piperidine rings is 1. The van der Waals surface area contributed by atoms with E-state index in [4.69, 9.17) is 0 Å². The van der Waals surface area contributed by atoms with Crippen molar-refractivity contribution in [3.8, 4) is 11.4 Å². The number of rotatable bonds is 9. The molecule has 1 aliphatic heterocycles. The first kappa shape index (κ1) is 31.3. The minimum atomic E-state index is -5.14. The van der Waals surface area contributed by atoms with Crippen molar-refractivity contribution in [1.29, 1.82) is 0 Å². The SMILES string of the molecule is C=CC(=O)N(CC)CCNc1nc(NC2CCN(C(C)=O)CC2)nc2c(=O)n(-c3c(O)cccc3F)c(C(F)(F)F)cc12. The van der Waals surface area contributed by atoms with Crippen molar-refractivity contribution < 1.29 is 32.3 Å². The summed E-state index contributed by atoms with van der Waals surface area (Å²) < 4.78 is 57.8. The lowest BCUT2D eigenvalue weighted by atomic mass is 10.1. The number of aromatic hydroxyl groups is 1. The molecular weight excluding hydrogens is 574 g/mol. The van der Waals surface area contributed by atoms with Gasteiger partial charge in [-0.2, -0.15) is 18.2 Å². The number of hydrogen-bond acceptors (Lipinski definition) is 8. The van der Waals surface area contributed by atoms with E-state index < -0.39 is 40.2 Å². The Morgan fingerprint density at radius 1 is 1.23 bits per heavy atom. The fourth-order valence-corrected chi connectivity index (χ4v) is 4.92. The van der Waals surface area contributed by atoms with Gasteiger partial charge in [0.1, 0.15) is 28.5 Å². The highest BCUT2D eigenvalue weighted by molar-refractivity contribution is 5.90. The number of fused-ring (bicyclic) bond motifs is 1. The molecule has 1 aromatic carbocycles. The number of nitrogens with zero attached hydrogens (tertiary/aromatic N) is 5. The average Bonchev–Trinajstić information content (AvgIpc) is 2.95. The van der Waals surface area contributed by atoms with Gasteiger partial charge < -0.3 is 25.5 Å². The van der Waals surface area contributed by atoms with Crippen LogP contribution >= 0.6 is 0 Å². The minimum Gasteiger partial charge on any atom is -0.506 e. The molecule has 0 radical (unpaired) electrons. The fraction of sp³-hybridized carbons (Fsp3) is 0.393. The number of carbonyl (C=O) groups excluding carboxylic acids is 2. The van der Waals surface area contributed by atoms with E-state index in [9.17, 15) is 37.1 Å². The number of nitrogens with one attached hydrogen (secondary N) is 2. The Kier molecular flexibility index (Phi) is 9.21. The smallest absolute Gasteiger partial charge is 0.431 e. The van der Waals surface area contributed by atoms with Crippen molar-refractivity contribution in [1.82, 2.24) is 24.3 Å². The number of phenolic OH excluding ortho intramolecular Hbond substituents is 1. The maximum absolute atomic E-state index is 14.8. The summed E-state index contributed by atoms with van der Waals surface area (Å²) in [4.78, 5) is 49.2. The van der Waals surface area contributed by atoms with E-state index in [2.05, 4.69) is 27.2 Å². The average molecular weight is 606 g/mol. The van der Waals surface area contributed by atoms with Crippen molar-refractivity contribution in [3.05, 3.63) is 58.8 Å². The maximum atomic E-state index is 14.8. The molecule has 230 valence electrons. The van der Waals surface area contributed by atoms with Crippen LogP contribution in [0.15, 0.2) is 41.7 Å². The summed E-state index contributed by atoms with van der Waals surface area (Å²) in [7, 11) is 0. The summed E-state index contributed by atoms with van der Waals surface area (Å²) in [5, 5.41) is 16.0. The second kappa shape index (κ2) is 12.7. The molecule has 0 bridgehead atoms. The number of hydrogen-bond donors (Lipinski definition) is 3. The van der Waals surface area contributed by atoms with E-state index in [0.29, 0.717) is 38.5 Å². The molecule has 2 amide bonds. The van der Waals surface area contributed by atoms with Crippen LogP contribution in [0, 0.1) is 5.82 Å². The Labute approximate surface area is 243 Å². The number of alkyl halides is 3. The fourth-order valence-electron chi connectivity index (χ4n) is 4.92. The number of phenols is 1. The van der Waals surface area contributed by atoms with E-state index in [1.807, 2.05) is 0 Å². The first-order valence-electron chi connectivity index (χ1n) is 13.6. The van der Waals surface area contributed by atoms with Gasteiger partial charge in [-0.3, -0.25) is 19.0 Å². The predicted molar refractivity (Wildman–Crippen MR) is 152 cm³/mol. The van der Waals surface area contributed by atoms with Crippen LogP contribution < -0.4 is 16.2 Å². The van der Waals surface area contributed by atoms with Gasteiger partial charge in [-0.05, 0) is 44.0 Å². The molecule has 0 spiro atoms. The summed E-state index contributed by atoms with van der Waals surface area (Å²) >= 11 is 0. The van der Waals surface area contributed by atoms with Gasteiger partial charge in [0.15, 0.2) is 5.82 Å². The highest BCUT2D eigenvalue weighted by Crippen LogP contribution is 2.36. The molecule has 15 heteroatoms. The van der Waals surface area contributed by atoms with Crippen molar-refractivity contribution >= 4 is 34.5 Å². The first-order chi connectivity index (χ1) is 20.3. The van der Waals surface area contributed by atoms with Gasteiger partial charge >= 0.3 is 6.18 Å². The standard InChI is InChI=1S/C28H31F4N7O4/c1-4-22(42)37(5-2)14-11-33-25-18-15-21(28(30,31)32)39(24-19(29)7-6-8-20(24)41)26(43)23(18)35-27(36-25)34-17-9-12-38(13-10-17)16(3)40/h4,6-8,15,17,41H,1,5,9-14H2,2-3H3,(H2,33,34,35,36). The molecule has 3 N–H and O–H groups in total. The van der Waals surface area contributed by atoms with Crippen LogP contribution in [-0.4, -0.2) is 80.0 Å². The number of benzene rings is 1. The molecule has 3 aromatic rings. The lowest BCUT2D eigenvalue weighted by Gasteiger charge is -2.31. The summed E-state index contributed by atoms with van der Waals surface area (Å²) in [5.41, 5.74) is -4.32. The van der Waals surface area contributed by atoms with E-state index in [-0.39, 0.29) is 52.7 Å². The highest BCUT2D eigenvalue weighted by atomic mass is 19.4. The Bertz CT molecular complexity index is 1580. The summed E-state index contributed by atoms with van der Waals surface area (Å²) in [6.07, 6.45) is -2.95. The monoisotopic (exact) mass is 605 g/mol. The zero-order chi connectivity index (χ0) is 31.5. The third kappa shape index (κ3) is 6.70. The van der Waals surface area contributed by atoms with Crippen molar-refractivity contribution in [2.45, 2.75) is 38.9 Å². The number of likely N-dealkylation sites (tertiary alicyclic amines) is 1. The first-order valence-corrected chi connectivity index (χ1v) is 13.6. The van der Waals surface area contributed by atoms with E-state index in [1.165, 1.54) is 11.8 Å². The molecule has 0 unspecified atom stereocenters. The van der Waals surface area contributed by atoms with Crippen LogP contribution in [0.25, 0.3) is 16.6 Å². The van der Waals surface area contributed by atoms with Crippen LogP contribution in [0.4, 0.5) is 29.3 Å². The molecule has 11 nitrogen and oxygen atoms in total. The van der Waals surface area contributed by atoms with Gasteiger partial charge in [-0.15, -0.1) is 0 Å². The van der Waals surface area contributed by atoms with Crippen LogP contribution in [-0.2, 0) is 15.8 Å². The number of anilines is 2. The van der Waals surface area contributed by atoms with Gasteiger partial charge in [-0.25, -0.2) is 9.37 Å². The largest absolute Gasteiger partial charge is 0.506 e. The van der Waals surface area contributed by atoms with Gasteiger partial charge in [-0.1, -0.05) is 12.6 Å². The van der Waals surface area contributed by atoms with Crippen LogP contribution in [0.1, 0.15) is 32.4 Å². The van der Waals surface area contributed by atoms with Gasteiger partial charge in [0.05, 0.1) is 5.39 Å². The number of para-hydroxylation sites is 1. The zero-order valence-electron chi connectivity index (χ0n) is 23.5. The second-order valence-electron chi connectivity index (χ2n) is 9.91. The molecule has 0 aliphatic carbocycles. The zero-order valence-corrected chi connectivity index (χ0v) is 23.5. The molecule has 43 heavy (non-hydrogen) atoms. The molecule has 1 fully saturated rings. The van der Waals surface area contributed by atoms with Crippen molar-refractivity contribution in [2.24, 2.45) is 0 Å². The predicted octanol–water partition coefficient (Wildman–Crippen LogP) is 3.51. The Hall–Kier alpha value is -4.69. The summed E-state index contributed by atoms with van der Waals surface area (Å²) in [6, 6.07) is 3.28. The lowest BCUT2D eigenvalue weighted by molar-refractivity contribution is -0.142. The van der Waals surface area contributed by atoms with Crippen molar-refractivity contribution in [3.63, 3.8) is 0 Å². The molecule has 3 heterocycles. The lowest BCUT2D eigenvalue weighted by Crippen LogP contribution is -2.41. The maximum Gasteiger partial charge on any atom is 0.431 e. The number of amides is 2. The normalized spacial score (nSPS) is 14.0. The third-order valence-electron chi connectivity index (χ3n) is 7.17. The third-order valence-corrected chi connectivity index (χ3v) is 7.17. The van der Waals surface area contributed by atoms with Crippen LogP contribution in [0.5, 0.6) is 5.75 Å². The second-order valence-corrected chi connectivity index (χ2v) is 9.91. The number of likely N-dealkylation sites (N-methyl/N-ethyl adjacent to an activating group) is 1.